The van der Waals surface area contributed by atoms with E-state index in [0.29, 0.717) is 6.61 Å². The summed E-state index contributed by atoms with van der Waals surface area (Å²) in [6.45, 7) is 9.95. The number of rotatable bonds is 12. The smallest absolute Gasteiger partial charge is 0.305 e. The molecule has 1 saturated heterocycles. The molecule has 0 spiro atoms. The van der Waals surface area contributed by atoms with Gasteiger partial charge >= 0.3 is 5.97 Å². The number of carbonyl (C=O) groups excluding carboxylic acids is 2. The number of amides is 2. The molecule has 8 heteroatoms. The Kier molecular flexibility index (Phi) is 10.1. The maximum absolute atomic E-state index is 13.5. The van der Waals surface area contributed by atoms with Crippen molar-refractivity contribution in [2.45, 2.75) is 142 Å². The van der Waals surface area contributed by atoms with Crippen molar-refractivity contribution in [3.05, 3.63) is 0 Å². The highest BCUT2D eigenvalue weighted by Gasteiger charge is 2.48. The second-order valence-corrected chi connectivity index (χ2v) is 12.9. The first kappa shape index (κ1) is 29.9. The number of hydrogen-bond acceptors (Lipinski definition) is 5. The van der Waals surface area contributed by atoms with E-state index >= 15 is 0 Å². The van der Waals surface area contributed by atoms with Crippen molar-refractivity contribution in [3.8, 4) is 0 Å². The van der Waals surface area contributed by atoms with Crippen LogP contribution in [0.25, 0.3) is 0 Å². The van der Waals surface area contributed by atoms with Crippen LogP contribution in [-0.4, -0.2) is 53.5 Å². The second kappa shape index (κ2) is 12.5. The van der Waals surface area contributed by atoms with Gasteiger partial charge in [-0.05, 0) is 51.9 Å². The number of aliphatic carboxylic acids is 1. The highest BCUT2D eigenvalue weighted by atomic mass is 16.7. The summed E-state index contributed by atoms with van der Waals surface area (Å²) in [5, 5.41) is 16.1. The molecule has 1 heterocycles. The van der Waals surface area contributed by atoms with E-state index < -0.39 is 29.3 Å². The minimum atomic E-state index is -0.958. The van der Waals surface area contributed by atoms with Crippen LogP contribution >= 0.6 is 0 Å². The average molecular weight is 523 g/mol. The fourth-order valence-corrected chi connectivity index (χ4v) is 6.30. The van der Waals surface area contributed by atoms with Crippen LogP contribution in [0.3, 0.4) is 0 Å². The van der Waals surface area contributed by atoms with E-state index in [1.165, 1.54) is 12.8 Å². The zero-order chi connectivity index (χ0) is 27.3. The van der Waals surface area contributed by atoms with E-state index in [-0.39, 0.29) is 35.6 Å². The SMILES string of the molecule is CCCCCCC1(C(=O)NC2CCCCC2C(CC(=O)O)NC(=O)C2OC(C)(C)OCC2(C)C)CCC1. The van der Waals surface area contributed by atoms with Gasteiger partial charge in [-0.1, -0.05) is 65.7 Å². The van der Waals surface area contributed by atoms with Gasteiger partial charge in [-0.3, -0.25) is 14.4 Å². The van der Waals surface area contributed by atoms with Crippen molar-refractivity contribution in [2.24, 2.45) is 16.7 Å². The lowest BCUT2D eigenvalue weighted by Crippen LogP contribution is -2.60. The van der Waals surface area contributed by atoms with E-state index in [0.717, 1.165) is 64.2 Å². The summed E-state index contributed by atoms with van der Waals surface area (Å²) in [7, 11) is 0. The predicted octanol–water partition coefficient (Wildman–Crippen LogP) is 4.94. The Bertz CT molecular complexity index is 806. The topological polar surface area (TPSA) is 114 Å². The third-order valence-corrected chi connectivity index (χ3v) is 8.82. The van der Waals surface area contributed by atoms with Crippen molar-refractivity contribution in [3.63, 3.8) is 0 Å². The molecule has 0 aromatic rings. The van der Waals surface area contributed by atoms with E-state index in [1.54, 1.807) is 13.8 Å². The van der Waals surface area contributed by atoms with E-state index in [9.17, 15) is 19.5 Å². The highest BCUT2D eigenvalue weighted by Crippen LogP contribution is 2.46. The highest BCUT2D eigenvalue weighted by molar-refractivity contribution is 5.84. The number of hydrogen-bond donors (Lipinski definition) is 3. The van der Waals surface area contributed by atoms with Crippen LogP contribution in [0.5, 0.6) is 0 Å². The zero-order valence-electron chi connectivity index (χ0n) is 23.7. The first-order chi connectivity index (χ1) is 17.4. The number of carboxylic acid groups (broad SMARTS) is 1. The number of unbranched alkanes of at least 4 members (excludes halogenated alkanes) is 3. The van der Waals surface area contributed by atoms with Crippen molar-refractivity contribution in [1.82, 2.24) is 10.6 Å². The molecule has 4 atom stereocenters. The summed E-state index contributed by atoms with van der Waals surface area (Å²) in [6.07, 6.45) is 11.1. The first-order valence-corrected chi connectivity index (χ1v) is 14.5. The molecule has 0 aromatic carbocycles. The van der Waals surface area contributed by atoms with Gasteiger partial charge in [0.1, 0.15) is 6.10 Å². The summed E-state index contributed by atoms with van der Waals surface area (Å²) in [5.41, 5.74) is -0.825. The van der Waals surface area contributed by atoms with Gasteiger partial charge in [0.2, 0.25) is 11.8 Å². The Labute approximate surface area is 223 Å². The van der Waals surface area contributed by atoms with Gasteiger partial charge in [0.05, 0.1) is 13.0 Å². The normalized spacial score (nSPS) is 28.9. The largest absolute Gasteiger partial charge is 0.481 e. The molecule has 0 aromatic heterocycles. The zero-order valence-corrected chi connectivity index (χ0v) is 23.7. The van der Waals surface area contributed by atoms with Crippen molar-refractivity contribution in [2.75, 3.05) is 6.61 Å². The van der Waals surface area contributed by atoms with E-state index in [2.05, 4.69) is 17.6 Å². The molecule has 2 amide bonds. The quantitative estimate of drug-likeness (QED) is 0.313. The molecule has 8 nitrogen and oxygen atoms in total. The maximum Gasteiger partial charge on any atom is 0.305 e. The lowest BCUT2D eigenvalue weighted by atomic mass is 9.64. The monoisotopic (exact) mass is 522 g/mol. The van der Waals surface area contributed by atoms with Crippen LogP contribution in [0.4, 0.5) is 0 Å². The van der Waals surface area contributed by atoms with Crippen LogP contribution in [0, 0.1) is 16.7 Å². The Balaban J connectivity index is 1.72. The first-order valence-electron chi connectivity index (χ1n) is 14.5. The number of carbonyl (C=O) groups is 3. The summed E-state index contributed by atoms with van der Waals surface area (Å²) in [4.78, 5) is 38.9. The molecule has 3 N–H and O–H groups in total. The molecule has 37 heavy (non-hydrogen) atoms. The molecule has 1 aliphatic heterocycles. The predicted molar refractivity (Wildman–Crippen MR) is 142 cm³/mol. The fraction of sp³-hybridized carbons (Fsp3) is 0.897. The molecule has 4 unspecified atom stereocenters. The van der Waals surface area contributed by atoms with Gasteiger partial charge in [0.25, 0.3) is 0 Å². The number of carboxylic acids is 1. The third kappa shape index (κ3) is 7.69. The minimum Gasteiger partial charge on any atom is -0.481 e. The van der Waals surface area contributed by atoms with Crippen molar-refractivity contribution >= 4 is 17.8 Å². The molecular weight excluding hydrogens is 472 g/mol. The molecule has 3 rings (SSSR count). The molecule has 3 aliphatic rings. The van der Waals surface area contributed by atoms with Gasteiger partial charge in [-0.15, -0.1) is 0 Å². The molecule has 0 bridgehead atoms. The maximum atomic E-state index is 13.5. The Morgan fingerprint density at radius 3 is 2.32 bits per heavy atom. The summed E-state index contributed by atoms with van der Waals surface area (Å²) in [6, 6.07) is -0.720. The number of ether oxygens (including phenoxy) is 2. The van der Waals surface area contributed by atoms with Gasteiger partial charge in [-0.2, -0.15) is 0 Å². The van der Waals surface area contributed by atoms with Gasteiger partial charge in [0, 0.05) is 22.9 Å². The molecule has 212 valence electrons. The average Bonchev–Trinajstić information content (AvgIpc) is 2.79. The minimum absolute atomic E-state index is 0.128. The van der Waals surface area contributed by atoms with Gasteiger partial charge < -0.3 is 25.2 Å². The summed E-state index contributed by atoms with van der Waals surface area (Å²) >= 11 is 0. The Morgan fingerprint density at radius 2 is 1.70 bits per heavy atom. The second-order valence-electron chi connectivity index (χ2n) is 12.9. The van der Waals surface area contributed by atoms with Crippen LogP contribution in [-0.2, 0) is 23.9 Å². The van der Waals surface area contributed by atoms with Gasteiger partial charge in [0.15, 0.2) is 5.79 Å². The van der Waals surface area contributed by atoms with E-state index in [4.69, 9.17) is 9.47 Å². The summed E-state index contributed by atoms with van der Waals surface area (Å²) in [5.74, 6) is -2.17. The summed E-state index contributed by atoms with van der Waals surface area (Å²) < 4.78 is 11.8. The lowest BCUT2D eigenvalue weighted by molar-refractivity contribution is -0.304. The number of nitrogens with one attached hydrogen (secondary N) is 2. The van der Waals surface area contributed by atoms with Crippen molar-refractivity contribution < 1.29 is 29.0 Å². The lowest BCUT2D eigenvalue weighted by Gasteiger charge is -2.46. The standard InChI is InChI=1S/C29H50N2O6/c1-6-7-8-11-15-29(16-12-17-29)26(35)31-21-14-10-9-13-20(21)22(18-23(32)33)30-25(34)24-27(2,3)19-36-28(4,5)37-24/h20-22,24H,6-19H2,1-5H3,(H,30,34)(H,31,35)(H,32,33). The molecule has 0 radical (unpaired) electrons. The Hall–Kier alpha value is -1.67. The third-order valence-electron chi connectivity index (χ3n) is 8.82. The van der Waals surface area contributed by atoms with Crippen molar-refractivity contribution in [1.29, 1.82) is 0 Å². The van der Waals surface area contributed by atoms with Gasteiger partial charge in [-0.25, -0.2) is 0 Å². The fourth-order valence-electron chi connectivity index (χ4n) is 6.30. The van der Waals surface area contributed by atoms with E-state index in [1.807, 2.05) is 13.8 Å². The molecule has 2 aliphatic carbocycles. The van der Waals surface area contributed by atoms with Crippen LogP contribution in [0.15, 0.2) is 0 Å². The molecule has 2 saturated carbocycles. The molecule has 3 fully saturated rings. The Morgan fingerprint density at radius 1 is 1.00 bits per heavy atom. The molecular formula is C29H50N2O6. The van der Waals surface area contributed by atoms with Crippen LogP contribution in [0.2, 0.25) is 0 Å². The van der Waals surface area contributed by atoms with Crippen LogP contribution in [0.1, 0.15) is 118 Å². The van der Waals surface area contributed by atoms with Crippen LogP contribution < -0.4 is 10.6 Å².